The summed E-state index contributed by atoms with van der Waals surface area (Å²) in [6.45, 7) is 2.49. The number of hydrogen-bond donors (Lipinski definition) is 1. The molecule has 5 heteroatoms. The normalized spacial score (nSPS) is 15.8. The van der Waals surface area contributed by atoms with E-state index in [1.165, 1.54) is 5.56 Å². The number of hydrogen-bond acceptors (Lipinski definition) is 1. The molecule has 0 saturated heterocycles. The molecule has 0 fully saturated rings. The summed E-state index contributed by atoms with van der Waals surface area (Å²) < 4.78 is 27.5. The predicted octanol–water partition coefficient (Wildman–Crippen LogP) is 5.45. The van der Waals surface area contributed by atoms with Crippen LogP contribution in [0.15, 0.2) is 66.7 Å². The van der Waals surface area contributed by atoms with E-state index >= 15 is 0 Å². The van der Waals surface area contributed by atoms with Gasteiger partial charge in [0.2, 0.25) is 0 Å². The van der Waals surface area contributed by atoms with Crippen molar-refractivity contribution < 1.29 is 13.6 Å². The van der Waals surface area contributed by atoms with Gasteiger partial charge in [0, 0.05) is 12.6 Å². The molecule has 1 N–H and O–H groups in total. The maximum absolute atomic E-state index is 14.0. The van der Waals surface area contributed by atoms with E-state index < -0.39 is 17.7 Å². The first-order chi connectivity index (χ1) is 13.5. The van der Waals surface area contributed by atoms with E-state index in [0.717, 1.165) is 34.9 Å². The van der Waals surface area contributed by atoms with E-state index in [9.17, 15) is 13.6 Å². The van der Waals surface area contributed by atoms with Crippen molar-refractivity contribution >= 4 is 11.7 Å². The zero-order valence-corrected chi connectivity index (χ0v) is 15.5. The van der Waals surface area contributed by atoms with E-state index in [0.29, 0.717) is 13.0 Å². The standard InChI is InChI=1S/C23H20F2N2O/c1-15-6-8-17(9-7-15)22-19-5-3-2-4-16(19)12-13-27(22)23(28)26-21-14-18(24)10-11-20(21)25/h2-11,14,22H,12-13H2,1H3,(H,26,28)/t22-/m1/s1. The average molecular weight is 378 g/mol. The Labute approximate surface area is 162 Å². The molecule has 0 bridgehead atoms. The van der Waals surface area contributed by atoms with Crippen molar-refractivity contribution in [1.82, 2.24) is 4.90 Å². The van der Waals surface area contributed by atoms with Gasteiger partial charge >= 0.3 is 6.03 Å². The molecule has 0 aliphatic carbocycles. The van der Waals surface area contributed by atoms with Crippen molar-refractivity contribution in [3.63, 3.8) is 0 Å². The smallest absolute Gasteiger partial charge is 0.313 e. The molecule has 4 rings (SSSR count). The fourth-order valence-electron chi connectivity index (χ4n) is 3.67. The molecule has 142 valence electrons. The Morgan fingerprint density at radius 3 is 2.57 bits per heavy atom. The van der Waals surface area contributed by atoms with Gasteiger partial charge in [-0.15, -0.1) is 0 Å². The van der Waals surface area contributed by atoms with Crippen molar-refractivity contribution in [1.29, 1.82) is 0 Å². The van der Waals surface area contributed by atoms with Crippen molar-refractivity contribution in [2.24, 2.45) is 0 Å². The minimum absolute atomic E-state index is 0.161. The van der Waals surface area contributed by atoms with E-state index in [4.69, 9.17) is 0 Å². The summed E-state index contributed by atoms with van der Waals surface area (Å²) in [6.07, 6.45) is 0.706. The van der Waals surface area contributed by atoms with Crippen molar-refractivity contribution in [3.05, 3.63) is 101 Å². The Kier molecular flexibility index (Phi) is 4.82. The number of carbonyl (C=O) groups is 1. The first-order valence-corrected chi connectivity index (χ1v) is 9.20. The summed E-state index contributed by atoms with van der Waals surface area (Å²) in [5.41, 5.74) is 4.19. The summed E-state index contributed by atoms with van der Waals surface area (Å²) in [5, 5.41) is 2.53. The maximum Gasteiger partial charge on any atom is 0.322 e. The molecular formula is C23H20F2N2O. The number of urea groups is 1. The second-order valence-electron chi connectivity index (χ2n) is 7.01. The molecule has 1 aliphatic rings. The van der Waals surface area contributed by atoms with E-state index in [1.54, 1.807) is 4.90 Å². The first kappa shape index (κ1) is 18.2. The molecule has 0 aromatic heterocycles. The molecule has 2 amide bonds. The quantitative estimate of drug-likeness (QED) is 0.632. The molecule has 1 aliphatic heterocycles. The Bertz CT molecular complexity index is 1020. The van der Waals surface area contributed by atoms with Gasteiger partial charge in [-0.2, -0.15) is 0 Å². The number of halogens is 2. The molecular weight excluding hydrogens is 358 g/mol. The minimum Gasteiger partial charge on any atom is -0.313 e. The third kappa shape index (κ3) is 3.48. The third-order valence-electron chi connectivity index (χ3n) is 5.11. The van der Waals surface area contributed by atoms with Gasteiger partial charge in [-0.1, -0.05) is 54.1 Å². The lowest BCUT2D eigenvalue weighted by Gasteiger charge is -2.37. The lowest BCUT2D eigenvalue weighted by atomic mass is 9.88. The number of amides is 2. The van der Waals surface area contributed by atoms with Crippen LogP contribution in [-0.2, 0) is 6.42 Å². The zero-order chi connectivity index (χ0) is 19.7. The molecule has 3 aromatic rings. The molecule has 3 nitrogen and oxygen atoms in total. The van der Waals surface area contributed by atoms with Crippen LogP contribution in [0.25, 0.3) is 0 Å². The van der Waals surface area contributed by atoms with Crippen LogP contribution < -0.4 is 5.32 Å². The number of nitrogens with zero attached hydrogens (tertiary/aromatic N) is 1. The number of rotatable bonds is 2. The van der Waals surface area contributed by atoms with Crippen LogP contribution in [0.3, 0.4) is 0 Å². The lowest BCUT2D eigenvalue weighted by molar-refractivity contribution is 0.194. The minimum atomic E-state index is -0.668. The molecule has 0 unspecified atom stereocenters. The van der Waals surface area contributed by atoms with Gasteiger partial charge in [0.1, 0.15) is 11.6 Å². The number of nitrogens with one attached hydrogen (secondary N) is 1. The number of carbonyl (C=O) groups excluding carboxylic acids is 1. The van der Waals surface area contributed by atoms with E-state index in [-0.39, 0.29) is 11.7 Å². The first-order valence-electron chi connectivity index (χ1n) is 9.20. The number of anilines is 1. The summed E-state index contributed by atoms with van der Waals surface area (Å²) in [5.74, 6) is -1.27. The maximum atomic E-state index is 14.0. The van der Waals surface area contributed by atoms with Crippen LogP contribution in [0.1, 0.15) is 28.3 Å². The summed E-state index contributed by atoms with van der Waals surface area (Å²) in [4.78, 5) is 14.7. The van der Waals surface area contributed by atoms with Gasteiger partial charge in [-0.25, -0.2) is 13.6 Å². The van der Waals surface area contributed by atoms with Gasteiger partial charge in [0.25, 0.3) is 0 Å². The number of aryl methyl sites for hydroxylation is 1. The molecule has 0 saturated carbocycles. The SMILES string of the molecule is Cc1ccc([C@@H]2c3ccccc3CCN2C(=O)Nc2cc(F)ccc2F)cc1. The van der Waals surface area contributed by atoms with Gasteiger partial charge in [0.15, 0.2) is 0 Å². The molecule has 1 heterocycles. The fourth-order valence-corrected chi connectivity index (χ4v) is 3.67. The number of benzene rings is 3. The molecule has 1 atom stereocenters. The van der Waals surface area contributed by atoms with Gasteiger partial charge in [0.05, 0.1) is 11.7 Å². The Balaban J connectivity index is 1.71. The van der Waals surface area contributed by atoms with Crippen LogP contribution in [0.2, 0.25) is 0 Å². The summed E-state index contributed by atoms with van der Waals surface area (Å²) in [7, 11) is 0. The third-order valence-corrected chi connectivity index (χ3v) is 5.11. The van der Waals surface area contributed by atoms with Gasteiger partial charge < -0.3 is 10.2 Å². The largest absolute Gasteiger partial charge is 0.322 e. The van der Waals surface area contributed by atoms with Crippen LogP contribution in [0, 0.1) is 18.6 Å². The van der Waals surface area contributed by atoms with Crippen LogP contribution in [-0.4, -0.2) is 17.5 Å². The van der Waals surface area contributed by atoms with Crippen molar-refractivity contribution in [2.45, 2.75) is 19.4 Å². The topological polar surface area (TPSA) is 32.3 Å². The molecule has 0 spiro atoms. The Morgan fingerprint density at radius 1 is 1.04 bits per heavy atom. The van der Waals surface area contributed by atoms with Gasteiger partial charge in [-0.05, 0) is 42.2 Å². The highest BCUT2D eigenvalue weighted by atomic mass is 19.1. The molecule has 0 radical (unpaired) electrons. The summed E-state index contributed by atoms with van der Waals surface area (Å²) >= 11 is 0. The molecule has 28 heavy (non-hydrogen) atoms. The van der Waals surface area contributed by atoms with Crippen LogP contribution >= 0.6 is 0 Å². The Hall–Kier alpha value is -3.21. The predicted molar refractivity (Wildman–Crippen MR) is 105 cm³/mol. The average Bonchev–Trinajstić information content (AvgIpc) is 2.70. The van der Waals surface area contributed by atoms with Crippen molar-refractivity contribution in [3.8, 4) is 0 Å². The second kappa shape index (κ2) is 7.43. The monoisotopic (exact) mass is 378 g/mol. The summed E-state index contributed by atoms with van der Waals surface area (Å²) in [6, 6.07) is 18.3. The van der Waals surface area contributed by atoms with E-state index in [2.05, 4.69) is 11.4 Å². The van der Waals surface area contributed by atoms with Gasteiger partial charge in [-0.3, -0.25) is 0 Å². The van der Waals surface area contributed by atoms with E-state index in [1.807, 2.05) is 49.4 Å². The Morgan fingerprint density at radius 2 is 1.79 bits per heavy atom. The van der Waals surface area contributed by atoms with Crippen molar-refractivity contribution in [2.75, 3.05) is 11.9 Å². The fraction of sp³-hybridized carbons (Fsp3) is 0.174. The highest BCUT2D eigenvalue weighted by molar-refractivity contribution is 5.90. The zero-order valence-electron chi connectivity index (χ0n) is 15.5. The highest BCUT2D eigenvalue weighted by Crippen LogP contribution is 2.35. The second-order valence-corrected chi connectivity index (χ2v) is 7.01. The highest BCUT2D eigenvalue weighted by Gasteiger charge is 2.32. The molecule has 3 aromatic carbocycles. The van der Waals surface area contributed by atoms with Crippen LogP contribution in [0.4, 0.5) is 19.3 Å². The number of fused-ring (bicyclic) bond motifs is 1. The van der Waals surface area contributed by atoms with Crippen LogP contribution in [0.5, 0.6) is 0 Å². The lowest BCUT2D eigenvalue weighted by Crippen LogP contribution is -2.43.